The van der Waals surface area contributed by atoms with E-state index in [9.17, 15) is 0 Å². The first-order valence-electron chi connectivity index (χ1n) is 23.0. The van der Waals surface area contributed by atoms with Crippen molar-refractivity contribution in [2.45, 2.75) is 5.41 Å². The Morgan fingerprint density at radius 3 is 1.75 bits per heavy atom. The summed E-state index contributed by atoms with van der Waals surface area (Å²) < 4.78 is 0. The summed E-state index contributed by atoms with van der Waals surface area (Å²) in [7, 11) is 0. The summed E-state index contributed by atoms with van der Waals surface area (Å²) in [5, 5.41) is 10.6. The average molecular weight is 850 g/mol. The van der Waals surface area contributed by atoms with E-state index in [2.05, 4.69) is 217 Å². The lowest BCUT2D eigenvalue weighted by molar-refractivity contribution is 0.769. The maximum Gasteiger partial charge on any atom is 0.0970 e. The third-order valence-electron chi connectivity index (χ3n) is 14.4. The molecule has 0 aliphatic heterocycles. The normalized spacial score (nSPS) is 12.9. The molecule has 0 fully saturated rings. The molecule has 67 heavy (non-hydrogen) atoms. The fraction of sp³-hybridized carbons (Fsp3) is 0.0156. The molecule has 1 aliphatic carbocycles. The maximum atomic E-state index is 5.48. The molecular formula is C64H39N3. The van der Waals surface area contributed by atoms with Crippen LogP contribution in [0.25, 0.3) is 110 Å². The van der Waals surface area contributed by atoms with Crippen molar-refractivity contribution >= 4 is 65.0 Å². The predicted octanol–water partition coefficient (Wildman–Crippen LogP) is 16.2. The molecule has 0 radical (unpaired) electrons. The molecule has 3 nitrogen and oxygen atoms in total. The molecule has 0 saturated heterocycles. The van der Waals surface area contributed by atoms with Crippen LogP contribution in [0.1, 0.15) is 22.3 Å². The van der Waals surface area contributed by atoms with Crippen molar-refractivity contribution in [2.75, 3.05) is 0 Å². The standard InChI is InChI=1S/C64H39N3/c1-3-17-47(18-4-1)64(48-19-5-2-6-20-48)58-24-9-7-21-51(58)56-38-57-55(39-59(56)64)52-22-8-10-25-60(52)67-61(57)45-15-11-14-40(35-45)41-28-30-49-42(34-41)26-27-43-36-44(29-31-50(43)49)54-37-46-16-12-32-65-62(46)63-53(54)23-13-33-66-63/h1-39H. The second kappa shape index (κ2) is 14.6. The SMILES string of the molecule is c1ccc(C2(c3ccccc3)c3ccccc3-c3cc4c(-c5cccc(-c6ccc7c(ccc8cc(-c9cc%10cccnc%10c%10ncccc9%10)ccc87)c6)c5)nc5ccccc5c4cc32)cc1. The van der Waals surface area contributed by atoms with Gasteiger partial charge in [0.25, 0.3) is 0 Å². The van der Waals surface area contributed by atoms with E-state index in [1.807, 2.05) is 24.5 Å². The Hall–Kier alpha value is -8.79. The number of para-hydroxylation sites is 1. The van der Waals surface area contributed by atoms with Crippen LogP contribution in [0.4, 0.5) is 0 Å². The van der Waals surface area contributed by atoms with Crippen LogP contribution in [-0.4, -0.2) is 15.0 Å². The zero-order valence-electron chi connectivity index (χ0n) is 36.4. The van der Waals surface area contributed by atoms with Gasteiger partial charge >= 0.3 is 0 Å². The highest BCUT2D eigenvalue weighted by molar-refractivity contribution is 6.15. The molecule has 310 valence electrons. The maximum absolute atomic E-state index is 5.48. The van der Waals surface area contributed by atoms with Gasteiger partial charge in [-0.2, -0.15) is 0 Å². The Morgan fingerprint density at radius 2 is 0.940 bits per heavy atom. The van der Waals surface area contributed by atoms with Crippen molar-refractivity contribution in [3.05, 3.63) is 259 Å². The van der Waals surface area contributed by atoms with Crippen LogP contribution in [-0.2, 0) is 5.41 Å². The fourth-order valence-corrected chi connectivity index (χ4v) is 11.4. The van der Waals surface area contributed by atoms with Gasteiger partial charge in [-0.05, 0) is 137 Å². The zero-order chi connectivity index (χ0) is 44.1. The molecule has 3 aromatic heterocycles. The third-order valence-corrected chi connectivity index (χ3v) is 14.4. The Kier molecular flexibility index (Phi) is 8.20. The third kappa shape index (κ3) is 5.62. The van der Waals surface area contributed by atoms with Crippen molar-refractivity contribution < 1.29 is 0 Å². The first-order chi connectivity index (χ1) is 33.2. The highest BCUT2D eigenvalue weighted by Gasteiger charge is 2.46. The van der Waals surface area contributed by atoms with Crippen LogP contribution in [0.15, 0.2) is 237 Å². The number of rotatable bonds is 5. The molecule has 0 N–H and O–H groups in total. The average Bonchev–Trinajstić information content (AvgIpc) is 3.70. The summed E-state index contributed by atoms with van der Waals surface area (Å²) in [5.74, 6) is 0. The lowest BCUT2D eigenvalue weighted by Crippen LogP contribution is -2.28. The van der Waals surface area contributed by atoms with Crippen molar-refractivity contribution in [3.63, 3.8) is 0 Å². The Labute approximate surface area is 387 Å². The number of hydrogen-bond donors (Lipinski definition) is 0. The van der Waals surface area contributed by atoms with Gasteiger partial charge in [0, 0.05) is 39.5 Å². The Bertz CT molecular complexity index is 4120. The molecule has 0 amide bonds. The molecule has 10 aromatic carbocycles. The number of hydrogen-bond acceptors (Lipinski definition) is 3. The summed E-state index contributed by atoms with van der Waals surface area (Å²) in [6, 6.07) is 82.3. The molecule has 0 spiro atoms. The fourth-order valence-electron chi connectivity index (χ4n) is 11.4. The number of fused-ring (bicyclic) bond motifs is 12. The van der Waals surface area contributed by atoms with Gasteiger partial charge in [0.05, 0.1) is 27.7 Å². The van der Waals surface area contributed by atoms with Crippen molar-refractivity contribution in [3.8, 4) is 44.6 Å². The molecule has 0 bridgehead atoms. The van der Waals surface area contributed by atoms with Crippen LogP contribution in [0.5, 0.6) is 0 Å². The van der Waals surface area contributed by atoms with Crippen LogP contribution in [0.2, 0.25) is 0 Å². The molecular weight excluding hydrogens is 811 g/mol. The number of aromatic nitrogens is 3. The number of pyridine rings is 3. The van der Waals surface area contributed by atoms with E-state index in [-0.39, 0.29) is 0 Å². The van der Waals surface area contributed by atoms with E-state index in [1.165, 1.54) is 71.4 Å². The molecule has 0 saturated carbocycles. The van der Waals surface area contributed by atoms with E-state index in [1.54, 1.807) is 0 Å². The quantitative estimate of drug-likeness (QED) is 0.162. The minimum atomic E-state index is -0.488. The molecule has 14 rings (SSSR count). The molecule has 3 heterocycles. The first kappa shape index (κ1) is 37.6. The van der Waals surface area contributed by atoms with Gasteiger partial charge in [0.1, 0.15) is 0 Å². The van der Waals surface area contributed by atoms with E-state index in [0.29, 0.717) is 0 Å². The zero-order valence-corrected chi connectivity index (χ0v) is 36.4. The summed E-state index contributed by atoms with van der Waals surface area (Å²) in [5.41, 5.74) is 16.7. The van der Waals surface area contributed by atoms with E-state index >= 15 is 0 Å². The van der Waals surface area contributed by atoms with Crippen molar-refractivity contribution in [1.29, 1.82) is 0 Å². The van der Waals surface area contributed by atoms with Gasteiger partial charge in [0.15, 0.2) is 0 Å². The van der Waals surface area contributed by atoms with Gasteiger partial charge in [-0.1, -0.05) is 170 Å². The lowest BCUT2D eigenvalue weighted by Gasteiger charge is -2.34. The minimum Gasteiger partial charge on any atom is -0.254 e. The Balaban J connectivity index is 0.905. The molecule has 1 aliphatic rings. The van der Waals surface area contributed by atoms with Gasteiger partial charge < -0.3 is 0 Å². The number of nitrogens with zero attached hydrogens (tertiary/aromatic N) is 3. The van der Waals surface area contributed by atoms with Gasteiger partial charge in [-0.25, -0.2) is 4.98 Å². The molecule has 3 heteroatoms. The van der Waals surface area contributed by atoms with Gasteiger partial charge in [-0.15, -0.1) is 0 Å². The predicted molar refractivity (Wildman–Crippen MR) is 278 cm³/mol. The summed E-state index contributed by atoms with van der Waals surface area (Å²) in [6.07, 6.45) is 3.69. The van der Waals surface area contributed by atoms with Crippen LogP contribution < -0.4 is 0 Å². The minimum absolute atomic E-state index is 0.488. The largest absolute Gasteiger partial charge is 0.254 e. The topological polar surface area (TPSA) is 38.7 Å². The second-order valence-electron chi connectivity index (χ2n) is 17.9. The van der Waals surface area contributed by atoms with Crippen LogP contribution in [0, 0.1) is 0 Å². The first-order valence-corrected chi connectivity index (χ1v) is 23.0. The summed E-state index contributed by atoms with van der Waals surface area (Å²) >= 11 is 0. The van der Waals surface area contributed by atoms with Crippen molar-refractivity contribution in [1.82, 2.24) is 15.0 Å². The van der Waals surface area contributed by atoms with E-state index < -0.39 is 5.41 Å². The lowest BCUT2D eigenvalue weighted by atomic mass is 9.67. The molecule has 0 unspecified atom stereocenters. The van der Waals surface area contributed by atoms with E-state index in [0.717, 1.165) is 60.5 Å². The van der Waals surface area contributed by atoms with Crippen LogP contribution in [0.3, 0.4) is 0 Å². The Morgan fingerprint density at radius 1 is 0.299 bits per heavy atom. The van der Waals surface area contributed by atoms with Crippen LogP contribution >= 0.6 is 0 Å². The summed E-state index contributed by atoms with van der Waals surface area (Å²) in [6.45, 7) is 0. The monoisotopic (exact) mass is 849 g/mol. The van der Waals surface area contributed by atoms with Gasteiger partial charge in [-0.3, -0.25) is 9.97 Å². The van der Waals surface area contributed by atoms with Crippen molar-refractivity contribution in [2.24, 2.45) is 0 Å². The molecule has 0 atom stereocenters. The number of benzene rings is 10. The highest BCUT2D eigenvalue weighted by atomic mass is 14.7. The second-order valence-corrected chi connectivity index (χ2v) is 17.9. The summed E-state index contributed by atoms with van der Waals surface area (Å²) in [4.78, 5) is 14.9. The highest BCUT2D eigenvalue weighted by Crippen LogP contribution is 2.57. The smallest absolute Gasteiger partial charge is 0.0970 e. The van der Waals surface area contributed by atoms with E-state index in [4.69, 9.17) is 9.97 Å². The van der Waals surface area contributed by atoms with Gasteiger partial charge in [0.2, 0.25) is 0 Å². The molecule has 13 aromatic rings.